The third-order valence-corrected chi connectivity index (χ3v) is 5.13. The molecule has 0 aromatic carbocycles. The smallest absolute Gasteiger partial charge is 0.238 e. The second kappa shape index (κ2) is 6.62. The second-order valence-corrected chi connectivity index (χ2v) is 7.58. The highest BCUT2D eigenvalue weighted by atomic mass is 32.2. The Bertz CT molecular complexity index is 568. The van der Waals surface area contributed by atoms with E-state index in [1.165, 1.54) is 7.05 Å². The van der Waals surface area contributed by atoms with Crippen molar-refractivity contribution in [1.29, 1.82) is 0 Å². The van der Waals surface area contributed by atoms with Gasteiger partial charge in [0.1, 0.15) is 5.76 Å². The van der Waals surface area contributed by atoms with Crippen molar-refractivity contribution in [2.24, 2.45) is 0 Å². The Labute approximate surface area is 125 Å². The molecule has 1 aromatic rings. The van der Waals surface area contributed by atoms with Gasteiger partial charge in [0.2, 0.25) is 15.9 Å². The Balaban J connectivity index is 2.15. The molecule has 7 heteroatoms. The molecule has 2 heterocycles. The Morgan fingerprint density at radius 2 is 2.19 bits per heavy atom. The monoisotopic (exact) mass is 314 g/mol. The lowest BCUT2D eigenvalue weighted by Gasteiger charge is -2.30. The van der Waals surface area contributed by atoms with Gasteiger partial charge in [0.05, 0.1) is 25.1 Å². The molecule has 6 nitrogen and oxygen atoms in total. The highest BCUT2D eigenvalue weighted by Gasteiger charge is 2.30. The van der Waals surface area contributed by atoms with Gasteiger partial charge >= 0.3 is 0 Å². The fourth-order valence-corrected chi connectivity index (χ4v) is 2.93. The number of sulfonamides is 1. The van der Waals surface area contributed by atoms with Crippen molar-refractivity contribution < 1.29 is 17.6 Å². The van der Waals surface area contributed by atoms with E-state index in [0.29, 0.717) is 6.54 Å². The standard InChI is InChI=1S/C14H22N2O4S/c1-15(21(2,18)19)11-14(17)16-9-5-3-4-7-12(16)13-8-6-10-20-13/h6,8,10,12H,3-5,7,9,11H2,1-2H3/t12-/m0/s1. The molecular formula is C14H22N2O4S. The largest absolute Gasteiger partial charge is 0.467 e. The summed E-state index contributed by atoms with van der Waals surface area (Å²) in [4.78, 5) is 14.2. The SMILES string of the molecule is CN(CC(=O)N1CCCCC[C@H]1c1ccco1)S(C)(=O)=O. The molecule has 0 N–H and O–H groups in total. The number of furan rings is 1. The summed E-state index contributed by atoms with van der Waals surface area (Å²) < 4.78 is 29.5. The van der Waals surface area contributed by atoms with Gasteiger partial charge in [-0.05, 0) is 25.0 Å². The lowest BCUT2D eigenvalue weighted by atomic mass is 10.1. The third-order valence-electron chi connectivity index (χ3n) is 3.87. The van der Waals surface area contributed by atoms with Gasteiger partial charge in [-0.25, -0.2) is 8.42 Å². The Kier molecular flexibility index (Phi) is 5.05. The first-order valence-electron chi connectivity index (χ1n) is 7.14. The third kappa shape index (κ3) is 4.07. The molecule has 21 heavy (non-hydrogen) atoms. The quantitative estimate of drug-likeness (QED) is 0.846. The molecule has 1 aliphatic rings. The number of likely N-dealkylation sites (N-methyl/N-ethyl adjacent to an activating group) is 1. The van der Waals surface area contributed by atoms with Crippen LogP contribution in [0.3, 0.4) is 0 Å². The molecule has 1 atom stereocenters. The summed E-state index contributed by atoms with van der Waals surface area (Å²) in [7, 11) is -1.93. The predicted molar refractivity (Wildman–Crippen MR) is 79.1 cm³/mol. The Hall–Kier alpha value is -1.34. The first-order chi connectivity index (χ1) is 9.89. The fraction of sp³-hybridized carbons (Fsp3) is 0.643. The van der Waals surface area contributed by atoms with Crippen LogP contribution < -0.4 is 0 Å². The van der Waals surface area contributed by atoms with E-state index in [9.17, 15) is 13.2 Å². The molecule has 0 aliphatic carbocycles. The van der Waals surface area contributed by atoms with Crippen molar-refractivity contribution in [2.75, 3.05) is 26.4 Å². The van der Waals surface area contributed by atoms with Crippen LogP contribution in [-0.4, -0.2) is 49.9 Å². The Morgan fingerprint density at radius 3 is 2.81 bits per heavy atom. The lowest BCUT2D eigenvalue weighted by Crippen LogP contribution is -2.42. The second-order valence-electron chi connectivity index (χ2n) is 5.49. The van der Waals surface area contributed by atoms with E-state index in [1.807, 2.05) is 12.1 Å². The van der Waals surface area contributed by atoms with Crippen LogP contribution in [-0.2, 0) is 14.8 Å². The zero-order chi connectivity index (χ0) is 15.5. The average Bonchev–Trinajstić information content (AvgIpc) is 2.81. The topological polar surface area (TPSA) is 70.8 Å². The summed E-state index contributed by atoms with van der Waals surface area (Å²) in [5, 5.41) is 0. The van der Waals surface area contributed by atoms with Crippen LogP contribution in [0.1, 0.15) is 37.5 Å². The van der Waals surface area contributed by atoms with Gasteiger partial charge in [0.15, 0.2) is 0 Å². The average molecular weight is 314 g/mol. The van der Waals surface area contributed by atoms with E-state index in [-0.39, 0.29) is 18.5 Å². The summed E-state index contributed by atoms with van der Waals surface area (Å²) in [6.07, 6.45) is 6.60. The molecule has 1 aromatic heterocycles. The highest BCUT2D eigenvalue weighted by molar-refractivity contribution is 7.88. The van der Waals surface area contributed by atoms with Crippen LogP contribution in [0, 0.1) is 0 Å². The molecule has 0 radical (unpaired) electrons. The van der Waals surface area contributed by atoms with Crippen LogP contribution >= 0.6 is 0 Å². The molecular weight excluding hydrogens is 292 g/mol. The van der Waals surface area contributed by atoms with Gasteiger partial charge in [0.25, 0.3) is 0 Å². The van der Waals surface area contributed by atoms with Crippen molar-refractivity contribution >= 4 is 15.9 Å². The summed E-state index contributed by atoms with van der Waals surface area (Å²) in [6, 6.07) is 3.59. The minimum absolute atomic E-state index is 0.0945. The predicted octanol–water partition coefficient (Wildman–Crippen LogP) is 1.61. The molecule has 1 fully saturated rings. The van der Waals surface area contributed by atoms with Crippen LogP contribution in [0.5, 0.6) is 0 Å². The number of hydrogen-bond acceptors (Lipinski definition) is 4. The van der Waals surface area contributed by atoms with Crippen molar-refractivity contribution in [1.82, 2.24) is 9.21 Å². The number of carbonyl (C=O) groups is 1. The van der Waals surface area contributed by atoms with Gasteiger partial charge in [-0.3, -0.25) is 4.79 Å². The van der Waals surface area contributed by atoms with Gasteiger partial charge < -0.3 is 9.32 Å². The normalized spacial score (nSPS) is 20.5. The summed E-state index contributed by atoms with van der Waals surface area (Å²) >= 11 is 0. The number of amides is 1. The Morgan fingerprint density at radius 1 is 1.43 bits per heavy atom. The maximum absolute atomic E-state index is 12.5. The minimum Gasteiger partial charge on any atom is -0.467 e. The van der Waals surface area contributed by atoms with E-state index < -0.39 is 10.0 Å². The number of carbonyl (C=O) groups excluding carboxylic acids is 1. The molecule has 1 saturated heterocycles. The minimum atomic E-state index is -3.35. The fourth-order valence-electron chi connectivity index (χ4n) is 2.58. The summed E-state index contributed by atoms with van der Waals surface area (Å²) in [5.74, 6) is 0.596. The molecule has 1 aliphatic heterocycles. The summed E-state index contributed by atoms with van der Waals surface area (Å²) in [6.45, 7) is 0.512. The van der Waals surface area contributed by atoms with Crippen LogP contribution in [0.4, 0.5) is 0 Å². The van der Waals surface area contributed by atoms with Crippen LogP contribution in [0.25, 0.3) is 0 Å². The molecule has 2 rings (SSSR count). The molecule has 0 spiro atoms. The first-order valence-corrected chi connectivity index (χ1v) is 8.98. The number of rotatable bonds is 4. The molecule has 1 amide bonds. The van der Waals surface area contributed by atoms with Crippen molar-refractivity contribution in [2.45, 2.75) is 31.7 Å². The number of likely N-dealkylation sites (tertiary alicyclic amines) is 1. The van der Waals surface area contributed by atoms with Gasteiger partial charge in [0, 0.05) is 13.6 Å². The zero-order valence-electron chi connectivity index (χ0n) is 12.5. The first kappa shape index (κ1) is 16.0. The van der Waals surface area contributed by atoms with Gasteiger partial charge in [-0.1, -0.05) is 12.8 Å². The van der Waals surface area contributed by atoms with Gasteiger partial charge in [-0.15, -0.1) is 0 Å². The number of hydrogen-bond donors (Lipinski definition) is 0. The van der Waals surface area contributed by atoms with Crippen LogP contribution in [0.15, 0.2) is 22.8 Å². The number of nitrogens with zero attached hydrogens (tertiary/aromatic N) is 2. The zero-order valence-corrected chi connectivity index (χ0v) is 13.3. The van der Waals surface area contributed by atoms with E-state index >= 15 is 0 Å². The van der Waals surface area contributed by atoms with E-state index in [2.05, 4.69) is 0 Å². The molecule has 0 bridgehead atoms. The van der Waals surface area contributed by atoms with Crippen molar-refractivity contribution in [3.8, 4) is 0 Å². The summed E-state index contributed by atoms with van der Waals surface area (Å²) in [5.41, 5.74) is 0. The molecule has 0 unspecified atom stereocenters. The maximum Gasteiger partial charge on any atom is 0.238 e. The maximum atomic E-state index is 12.5. The van der Waals surface area contributed by atoms with E-state index in [1.54, 1.807) is 11.2 Å². The van der Waals surface area contributed by atoms with Crippen molar-refractivity contribution in [3.63, 3.8) is 0 Å². The van der Waals surface area contributed by atoms with E-state index in [4.69, 9.17) is 4.42 Å². The van der Waals surface area contributed by atoms with Crippen LogP contribution in [0.2, 0.25) is 0 Å². The highest BCUT2D eigenvalue weighted by Crippen LogP contribution is 2.30. The lowest BCUT2D eigenvalue weighted by molar-refractivity contribution is -0.134. The van der Waals surface area contributed by atoms with E-state index in [0.717, 1.165) is 42.0 Å². The molecule has 0 saturated carbocycles. The van der Waals surface area contributed by atoms with Gasteiger partial charge in [-0.2, -0.15) is 4.31 Å². The molecule has 118 valence electrons. The van der Waals surface area contributed by atoms with Crippen molar-refractivity contribution in [3.05, 3.63) is 24.2 Å².